The Bertz CT molecular complexity index is 1200. The highest BCUT2D eigenvalue weighted by Gasteiger charge is 2.40. The molecule has 0 radical (unpaired) electrons. The third-order valence-corrected chi connectivity index (χ3v) is 6.06. The van der Waals surface area contributed by atoms with Crippen LogP contribution < -0.4 is 25.9 Å². The van der Waals surface area contributed by atoms with Gasteiger partial charge in [0.15, 0.2) is 0 Å². The molecule has 0 saturated carbocycles. The third kappa shape index (κ3) is 2.37. The molecule has 0 atom stereocenters. The van der Waals surface area contributed by atoms with E-state index in [1.807, 2.05) is 12.1 Å². The van der Waals surface area contributed by atoms with Gasteiger partial charge in [0.05, 0.1) is 0 Å². The van der Waals surface area contributed by atoms with Crippen molar-refractivity contribution >= 4 is 23.1 Å². The number of rotatable bonds is 1. The molecule has 2 nitrogen and oxygen atoms in total. The Balaban J connectivity index is 1.65. The first kappa shape index (κ1) is 16.5. The van der Waals surface area contributed by atoms with Crippen molar-refractivity contribution in [2.45, 2.75) is 13.8 Å². The van der Waals surface area contributed by atoms with Crippen molar-refractivity contribution < 1.29 is 9.47 Å². The van der Waals surface area contributed by atoms with E-state index >= 15 is 0 Å². The highest BCUT2D eigenvalue weighted by atomic mass is 16.5. The topological polar surface area (TPSA) is 18.5 Å². The highest BCUT2D eigenvalue weighted by Crippen LogP contribution is 2.39. The minimum Gasteiger partial charge on any atom is -0.458 e. The van der Waals surface area contributed by atoms with E-state index in [1.54, 1.807) is 0 Å². The molecular weight excluding hydrogens is 355 g/mol. The molecule has 0 amide bonds. The van der Waals surface area contributed by atoms with Crippen molar-refractivity contribution in [2.24, 2.45) is 0 Å². The van der Waals surface area contributed by atoms with Gasteiger partial charge >= 0.3 is 0 Å². The van der Waals surface area contributed by atoms with Crippen LogP contribution in [-0.2, 0) is 0 Å². The predicted octanol–water partition coefficient (Wildman–Crippen LogP) is 4.70. The van der Waals surface area contributed by atoms with Crippen LogP contribution in [0.2, 0.25) is 0 Å². The smallest absolute Gasteiger partial charge is 0.260 e. The number of ether oxygens (including phenoxy) is 2. The lowest BCUT2D eigenvalue weighted by atomic mass is 9.35. The zero-order valence-electron chi connectivity index (χ0n) is 16.4. The monoisotopic (exact) mass is 374 g/mol. The van der Waals surface area contributed by atoms with Gasteiger partial charge < -0.3 is 9.47 Å². The van der Waals surface area contributed by atoms with E-state index in [2.05, 4.69) is 80.6 Å². The summed E-state index contributed by atoms with van der Waals surface area (Å²) >= 11 is 0. The van der Waals surface area contributed by atoms with Crippen molar-refractivity contribution in [2.75, 3.05) is 0 Å². The Hall–Kier alpha value is -3.46. The van der Waals surface area contributed by atoms with E-state index in [-0.39, 0.29) is 6.71 Å². The number of hydrogen-bond donors (Lipinski definition) is 0. The molecular formula is C26H19BO2. The Morgan fingerprint density at radius 1 is 0.586 bits per heavy atom. The summed E-state index contributed by atoms with van der Waals surface area (Å²) in [7, 11) is 0. The quantitative estimate of drug-likeness (QED) is 0.389. The summed E-state index contributed by atoms with van der Waals surface area (Å²) in [6.07, 6.45) is 0. The molecule has 0 fully saturated rings. The fourth-order valence-corrected chi connectivity index (χ4v) is 4.81. The van der Waals surface area contributed by atoms with E-state index < -0.39 is 0 Å². The van der Waals surface area contributed by atoms with Gasteiger partial charge in [-0.2, -0.15) is 0 Å². The van der Waals surface area contributed by atoms with Gasteiger partial charge in [-0.15, -0.1) is 0 Å². The number of para-hydroxylation sites is 2. The summed E-state index contributed by atoms with van der Waals surface area (Å²) in [5.41, 5.74) is 8.38. The van der Waals surface area contributed by atoms with Crippen LogP contribution in [0.3, 0.4) is 0 Å². The van der Waals surface area contributed by atoms with E-state index in [4.69, 9.17) is 9.47 Å². The second-order valence-electron chi connectivity index (χ2n) is 7.87. The first-order valence-electron chi connectivity index (χ1n) is 9.99. The summed E-state index contributed by atoms with van der Waals surface area (Å²) in [5.74, 6) is 3.62. The molecule has 138 valence electrons. The molecule has 0 aromatic heterocycles. The third-order valence-electron chi connectivity index (χ3n) is 6.06. The predicted molar refractivity (Wildman–Crippen MR) is 119 cm³/mol. The summed E-state index contributed by atoms with van der Waals surface area (Å²) in [4.78, 5) is 0. The van der Waals surface area contributed by atoms with Crippen LogP contribution in [0.5, 0.6) is 23.0 Å². The first-order chi connectivity index (χ1) is 14.2. The zero-order chi connectivity index (χ0) is 19.5. The Morgan fingerprint density at radius 2 is 1.10 bits per heavy atom. The maximum atomic E-state index is 6.40. The van der Waals surface area contributed by atoms with Gasteiger partial charge in [-0.3, -0.25) is 0 Å². The minimum atomic E-state index is 0.127. The Kier molecular flexibility index (Phi) is 3.42. The van der Waals surface area contributed by atoms with Crippen LogP contribution in [0, 0.1) is 13.8 Å². The van der Waals surface area contributed by atoms with Gasteiger partial charge in [0.1, 0.15) is 23.0 Å². The molecule has 3 heteroatoms. The van der Waals surface area contributed by atoms with Crippen molar-refractivity contribution in [1.82, 2.24) is 0 Å². The zero-order valence-corrected chi connectivity index (χ0v) is 16.4. The molecule has 0 spiro atoms. The van der Waals surface area contributed by atoms with Crippen LogP contribution in [0.25, 0.3) is 11.1 Å². The standard InChI is InChI=1S/C26H19BO2/c1-16-8-7-9-17(2)25(16)18-14-23-26-24(15-18)29-22-13-6-4-11-20(22)27(26)19-10-3-5-12-21(19)28-23/h3-15H,1-2H3. The van der Waals surface area contributed by atoms with Gasteiger partial charge in [0.25, 0.3) is 6.71 Å². The van der Waals surface area contributed by atoms with Crippen molar-refractivity contribution in [3.05, 3.63) is 90.0 Å². The summed E-state index contributed by atoms with van der Waals surface area (Å²) in [5, 5.41) is 0. The van der Waals surface area contributed by atoms with Gasteiger partial charge in [-0.1, -0.05) is 54.6 Å². The average molecular weight is 374 g/mol. The fourth-order valence-electron chi connectivity index (χ4n) is 4.81. The van der Waals surface area contributed by atoms with Crippen molar-refractivity contribution in [3.8, 4) is 34.1 Å². The van der Waals surface area contributed by atoms with Crippen LogP contribution in [0.15, 0.2) is 78.9 Å². The van der Waals surface area contributed by atoms with Gasteiger partial charge in [-0.05, 0) is 71.3 Å². The molecule has 0 saturated heterocycles. The summed E-state index contributed by atoms with van der Waals surface area (Å²) < 4.78 is 12.8. The molecule has 0 unspecified atom stereocenters. The lowest BCUT2D eigenvalue weighted by Crippen LogP contribution is -2.57. The molecule has 0 bridgehead atoms. The lowest BCUT2D eigenvalue weighted by Gasteiger charge is -2.33. The van der Waals surface area contributed by atoms with E-state index in [0.717, 1.165) is 34.0 Å². The van der Waals surface area contributed by atoms with Crippen LogP contribution >= 0.6 is 0 Å². The molecule has 2 aliphatic heterocycles. The van der Waals surface area contributed by atoms with Crippen LogP contribution in [-0.4, -0.2) is 6.71 Å². The van der Waals surface area contributed by atoms with E-state index in [0.29, 0.717) is 0 Å². The second kappa shape index (κ2) is 6.02. The average Bonchev–Trinajstić information content (AvgIpc) is 2.73. The number of benzene rings is 4. The molecule has 4 aromatic rings. The number of aryl methyl sites for hydroxylation is 2. The molecule has 4 aromatic carbocycles. The molecule has 0 aliphatic carbocycles. The maximum Gasteiger partial charge on any atom is 0.260 e. The van der Waals surface area contributed by atoms with Crippen LogP contribution in [0.4, 0.5) is 0 Å². The SMILES string of the molecule is Cc1cccc(C)c1-c1cc2c3c(c1)Oc1ccccc1B3c1ccccc1O2. The summed E-state index contributed by atoms with van der Waals surface area (Å²) in [6, 6.07) is 27.4. The summed E-state index contributed by atoms with van der Waals surface area (Å²) in [6.45, 7) is 4.44. The first-order valence-corrected chi connectivity index (χ1v) is 9.99. The lowest BCUT2D eigenvalue weighted by molar-refractivity contribution is 0.465. The van der Waals surface area contributed by atoms with E-state index in [9.17, 15) is 0 Å². The Labute approximate surface area is 170 Å². The molecule has 0 N–H and O–H groups in total. The van der Waals surface area contributed by atoms with E-state index in [1.165, 1.54) is 27.6 Å². The normalized spacial score (nSPS) is 13.0. The number of fused-ring (bicyclic) bond motifs is 4. The highest BCUT2D eigenvalue weighted by molar-refractivity contribution is 6.98. The molecule has 29 heavy (non-hydrogen) atoms. The van der Waals surface area contributed by atoms with Crippen molar-refractivity contribution in [1.29, 1.82) is 0 Å². The molecule has 2 aliphatic rings. The van der Waals surface area contributed by atoms with Gasteiger partial charge in [-0.25, -0.2) is 0 Å². The number of hydrogen-bond acceptors (Lipinski definition) is 2. The maximum absolute atomic E-state index is 6.40. The fraction of sp³-hybridized carbons (Fsp3) is 0.0769. The largest absolute Gasteiger partial charge is 0.458 e. The molecule has 2 heterocycles. The Morgan fingerprint density at radius 3 is 1.66 bits per heavy atom. The van der Waals surface area contributed by atoms with Crippen LogP contribution in [0.1, 0.15) is 11.1 Å². The van der Waals surface area contributed by atoms with Gasteiger partial charge in [0.2, 0.25) is 0 Å². The molecule has 6 rings (SSSR count). The minimum absolute atomic E-state index is 0.127. The van der Waals surface area contributed by atoms with Crippen molar-refractivity contribution in [3.63, 3.8) is 0 Å². The van der Waals surface area contributed by atoms with Gasteiger partial charge in [0, 0.05) is 5.46 Å². The second-order valence-corrected chi connectivity index (χ2v) is 7.87.